The average Bonchev–Trinajstić information content (AvgIpc) is 3.08. The van der Waals surface area contributed by atoms with Crippen LogP contribution in [0.25, 0.3) is 5.57 Å². The smallest absolute Gasteiger partial charge is 0.229 e. The van der Waals surface area contributed by atoms with Crippen LogP contribution in [0.15, 0.2) is 67.1 Å². The van der Waals surface area contributed by atoms with Crippen LogP contribution in [0.4, 0.5) is 17.5 Å². The minimum Gasteiger partial charge on any atom is -0.339 e. The fourth-order valence-electron chi connectivity index (χ4n) is 2.82. The number of nitrogens with one attached hydrogen (secondary N) is 2. The van der Waals surface area contributed by atoms with Crippen LogP contribution in [-0.2, 0) is 6.42 Å². The topological polar surface area (TPSA) is 97.4 Å². The predicted molar refractivity (Wildman–Crippen MR) is 115 cm³/mol. The molecule has 1 heterocycles. The fourth-order valence-corrected chi connectivity index (χ4v) is 3.06. The van der Waals surface area contributed by atoms with E-state index in [1.165, 1.54) is 0 Å². The Hall–Kier alpha value is -3.87. The highest BCUT2D eigenvalue weighted by Crippen LogP contribution is 2.36. The van der Waals surface area contributed by atoms with E-state index >= 15 is 0 Å². The highest BCUT2D eigenvalue weighted by molar-refractivity contribution is 6.33. The number of benzene rings is 1. The zero-order chi connectivity index (χ0) is 20.8. The van der Waals surface area contributed by atoms with Crippen LogP contribution in [0.5, 0.6) is 0 Å². The summed E-state index contributed by atoms with van der Waals surface area (Å²) in [5, 5.41) is 24.5. The lowest BCUT2D eigenvalue weighted by Gasteiger charge is -2.12. The maximum Gasteiger partial charge on any atom is 0.229 e. The fraction of sp³-hybridized carbons (Fsp3) is 0.0909. The van der Waals surface area contributed by atoms with Gasteiger partial charge in [-0.05, 0) is 53.5 Å². The third-order valence-corrected chi connectivity index (χ3v) is 4.51. The van der Waals surface area contributed by atoms with Crippen molar-refractivity contribution < 1.29 is 0 Å². The molecule has 0 amide bonds. The zero-order valence-electron chi connectivity index (χ0n) is 15.5. The molecule has 0 fully saturated rings. The first-order valence-electron chi connectivity index (χ1n) is 8.72. The van der Waals surface area contributed by atoms with Crippen LogP contribution in [0.1, 0.15) is 17.5 Å². The molecule has 0 radical (unpaired) electrons. The van der Waals surface area contributed by atoms with Crippen molar-refractivity contribution in [2.45, 2.75) is 12.8 Å². The Bertz CT molecular complexity index is 1130. The Morgan fingerprint density at radius 1 is 1.28 bits per heavy atom. The SMILES string of the molecule is C=C(C#N)/C=C\C(=C)Nc1nccc(Nc2cc3c(cc2Cl)CC=C3CC#N)n1. The van der Waals surface area contributed by atoms with E-state index in [0.717, 1.165) is 23.1 Å². The van der Waals surface area contributed by atoms with E-state index in [9.17, 15) is 0 Å². The highest BCUT2D eigenvalue weighted by Gasteiger charge is 2.17. The van der Waals surface area contributed by atoms with Crippen molar-refractivity contribution in [2.75, 3.05) is 10.6 Å². The number of hydrogen-bond acceptors (Lipinski definition) is 6. The van der Waals surface area contributed by atoms with Gasteiger partial charge >= 0.3 is 0 Å². The molecular weight excluding hydrogens is 384 g/mol. The molecule has 6 nitrogen and oxygen atoms in total. The minimum absolute atomic E-state index is 0.320. The molecule has 0 spiro atoms. The molecule has 142 valence electrons. The number of nitriles is 2. The number of fused-ring (bicyclic) bond motifs is 1. The Labute approximate surface area is 174 Å². The summed E-state index contributed by atoms with van der Waals surface area (Å²) in [6, 6.07) is 9.70. The molecule has 2 aromatic rings. The van der Waals surface area contributed by atoms with E-state index in [4.69, 9.17) is 22.1 Å². The molecule has 7 heteroatoms. The summed E-state index contributed by atoms with van der Waals surface area (Å²) in [6.45, 7) is 7.42. The van der Waals surface area contributed by atoms with Gasteiger partial charge in [-0.15, -0.1) is 0 Å². The first kappa shape index (κ1) is 19.9. The molecular formula is C22H17ClN6. The minimum atomic E-state index is 0.320. The molecule has 1 aliphatic carbocycles. The van der Waals surface area contributed by atoms with E-state index in [1.54, 1.807) is 24.4 Å². The monoisotopic (exact) mass is 400 g/mol. The Morgan fingerprint density at radius 2 is 2.10 bits per heavy atom. The van der Waals surface area contributed by atoms with Crippen molar-refractivity contribution in [3.8, 4) is 12.1 Å². The highest BCUT2D eigenvalue weighted by atomic mass is 35.5. The number of anilines is 3. The molecule has 0 saturated heterocycles. The van der Waals surface area contributed by atoms with Crippen molar-refractivity contribution >= 4 is 34.6 Å². The van der Waals surface area contributed by atoms with Gasteiger partial charge < -0.3 is 10.6 Å². The van der Waals surface area contributed by atoms with Crippen LogP contribution < -0.4 is 10.6 Å². The van der Waals surface area contributed by atoms with Gasteiger partial charge in [-0.3, -0.25) is 0 Å². The second kappa shape index (κ2) is 8.88. The summed E-state index contributed by atoms with van der Waals surface area (Å²) in [4.78, 5) is 8.57. The molecule has 29 heavy (non-hydrogen) atoms. The van der Waals surface area contributed by atoms with E-state index < -0.39 is 0 Å². The molecule has 0 aliphatic heterocycles. The van der Waals surface area contributed by atoms with Crippen LogP contribution in [0.2, 0.25) is 5.02 Å². The van der Waals surface area contributed by atoms with Gasteiger partial charge in [0, 0.05) is 17.5 Å². The van der Waals surface area contributed by atoms with Gasteiger partial charge in [-0.1, -0.05) is 30.8 Å². The van der Waals surface area contributed by atoms with Gasteiger partial charge in [0.2, 0.25) is 5.95 Å². The van der Waals surface area contributed by atoms with E-state index in [2.05, 4.69) is 45.9 Å². The third-order valence-electron chi connectivity index (χ3n) is 4.20. The molecule has 1 aliphatic rings. The number of allylic oxidation sites excluding steroid dienone is 5. The summed E-state index contributed by atoms with van der Waals surface area (Å²) in [7, 11) is 0. The molecule has 0 bridgehead atoms. The lowest BCUT2D eigenvalue weighted by Crippen LogP contribution is -2.03. The summed E-state index contributed by atoms with van der Waals surface area (Å²) in [5.41, 5.74) is 4.68. The summed E-state index contributed by atoms with van der Waals surface area (Å²) in [5.74, 6) is 0.890. The zero-order valence-corrected chi connectivity index (χ0v) is 16.3. The lowest BCUT2D eigenvalue weighted by molar-refractivity contribution is 1.15. The maximum absolute atomic E-state index is 9.01. The Balaban J connectivity index is 1.77. The second-order valence-corrected chi connectivity index (χ2v) is 6.68. The molecule has 3 rings (SSSR count). The van der Waals surface area contributed by atoms with Crippen LogP contribution in [-0.4, -0.2) is 9.97 Å². The van der Waals surface area contributed by atoms with Gasteiger partial charge in [0.1, 0.15) is 5.82 Å². The third kappa shape index (κ3) is 4.90. The maximum atomic E-state index is 9.01. The normalized spacial score (nSPS) is 11.9. The molecule has 0 atom stereocenters. The number of hydrogen-bond donors (Lipinski definition) is 2. The van der Waals surface area contributed by atoms with Crippen LogP contribution in [0, 0.1) is 22.7 Å². The van der Waals surface area contributed by atoms with Gasteiger partial charge in [0.25, 0.3) is 0 Å². The number of rotatable bonds is 7. The summed E-state index contributed by atoms with van der Waals surface area (Å²) < 4.78 is 0. The first-order chi connectivity index (χ1) is 14.0. The van der Waals surface area contributed by atoms with Crippen molar-refractivity contribution in [2.24, 2.45) is 0 Å². The molecule has 0 unspecified atom stereocenters. The van der Waals surface area contributed by atoms with Crippen molar-refractivity contribution in [1.29, 1.82) is 10.5 Å². The van der Waals surface area contributed by atoms with Crippen molar-refractivity contribution in [1.82, 2.24) is 9.97 Å². The Morgan fingerprint density at radius 3 is 2.86 bits per heavy atom. The second-order valence-electron chi connectivity index (χ2n) is 6.27. The molecule has 1 aromatic carbocycles. The van der Waals surface area contributed by atoms with Gasteiger partial charge in [-0.2, -0.15) is 15.5 Å². The number of aromatic nitrogens is 2. The largest absolute Gasteiger partial charge is 0.339 e. The van der Waals surface area contributed by atoms with Crippen LogP contribution >= 0.6 is 11.6 Å². The van der Waals surface area contributed by atoms with Gasteiger partial charge in [0.05, 0.1) is 29.3 Å². The number of nitrogens with zero attached hydrogens (tertiary/aromatic N) is 4. The summed E-state index contributed by atoms with van der Waals surface area (Å²) in [6.07, 6.45) is 7.97. The summed E-state index contributed by atoms with van der Waals surface area (Å²) >= 11 is 6.42. The van der Waals surface area contributed by atoms with E-state index in [1.807, 2.05) is 18.2 Å². The standard InChI is InChI=1S/C22H17ClN6/c1-14(13-25)3-4-15(2)27-22-26-10-8-21(29-22)28-20-12-18-16(7-9-24)5-6-17(18)11-19(20)23/h3-5,8,10-12H,1-2,6-7H2,(H2,26,27,28,29)/b4-3-. The van der Waals surface area contributed by atoms with E-state index in [-0.39, 0.29) is 0 Å². The molecule has 0 saturated carbocycles. The molecule has 1 aromatic heterocycles. The van der Waals surface area contributed by atoms with Crippen molar-refractivity contribution in [3.05, 3.63) is 83.2 Å². The first-order valence-corrected chi connectivity index (χ1v) is 9.10. The van der Waals surface area contributed by atoms with Gasteiger partial charge in [0.15, 0.2) is 0 Å². The predicted octanol–water partition coefficient (Wildman–Crippen LogP) is 5.29. The lowest BCUT2D eigenvalue weighted by atomic mass is 10.0. The average molecular weight is 401 g/mol. The van der Waals surface area contributed by atoms with Crippen LogP contribution in [0.3, 0.4) is 0 Å². The number of halogens is 1. The quantitative estimate of drug-likeness (QED) is 0.484. The van der Waals surface area contributed by atoms with Crippen molar-refractivity contribution in [3.63, 3.8) is 0 Å². The molecule has 2 N–H and O–H groups in total. The Kier molecular flexibility index (Phi) is 6.09. The van der Waals surface area contributed by atoms with Gasteiger partial charge in [-0.25, -0.2) is 4.98 Å². The van der Waals surface area contributed by atoms with E-state index in [0.29, 0.717) is 40.2 Å².